The zero-order chi connectivity index (χ0) is 23.4. The fraction of sp³-hybridized carbons (Fsp3) is 0.154. The van der Waals surface area contributed by atoms with Crippen LogP contribution in [0.25, 0.3) is 6.08 Å². The second kappa shape index (κ2) is 9.83. The van der Waals surface area contributed by atoms with Crippen LogP contribution < -0.4 is 14.4 Å². The molecule has 3 aromatic carbocycles. The van der Waals surface area contributed by atoms with E-state index in [9.17, 15) is 9.18 Å². The quantitative estimate of drug-likeness (QED) is 0.347. The number of hydrogen-bond acceptors (Lipinski definition) is 4. The molecule has 33 heavy (non-hydrogen) atoms. The molecule has 5 nitrogen and oxygen atoms in total. The Morgan fingerprint density at radius 3 is 2.30 bits per heavy atom. The lowest BCUT2D eigenvalue weighted by molar-refractivity contribution is -0.114. The van der Waals surface area contributed by atoms with Gasteiger partial charge in [-0.05, 0) is 84.9 Å². The molecular weight excluding hydrogens is 439 g/mol. The van der Waals surface area contributed by atoms with E-state index in [1.165, 1.54) is 17.0 Å². The van der Waals surface area contributed by atoms with Gasteiger partial charge in [0.15, 0.2) is 5.11 Å². The van der Waals surface area contributed by atoms with Gasteiger partial charge in [-0.1, -0.05) is 24.3 Å². The van der Waals surface area contributed by atoms with Crippen molar-refractivity contribution in [1.29, 1.82) is 0 Å². The van der Waals surface area contributed by atoms with E-state index in [1.54, 1.807) is 24.1 Å². The van der Waals surface area contributed by atoms with Crippen LogP contribution in [0.1, 0.15) is 18.1 Å². The molecule has 1 amide bonds. The fourth-order valence-electron chi connectivity index (χ4n) is 3.45. The lowest BCUT2D eigenvalue weighted by Crippen LogP contribution is -2.31. The standard InChI is InChI=1S/C26H23FN2O3S/c1-3-31-22-13-9-21(10-14-22)29-25(30)24(28(2)26(29)33)16-18-7-11-23(12-8-18)32-17-19-5-4-6-20(27)15-19/h4-16H,3,17H2,1-2H3/b24-16-. The maximum atomic E-state index is 13.3. The van der Waals surface area contributed by atoms with Crippen molar-refractivity contribution in [2.24, 2.45) is 0 Å². The molecule has 1 heterocycles. The summed E-state index contributed by atoms with van der Waals surface area (Å²) in [6, 6.07) is 20.9. The number of likely N-dealkylation sites (N-methyl/N-ethyl adjacent to an activating group) is 1. The Hall–Kier alpha value is -3.71. The van der Waals surface area contributed by atoms with E-state index in [0.717, 1.165) is 16.9 Å². The number of ether oxygens (including phenoxy) is 2. The largest absolute Gasteiger partial charge is 0.494 e. The molecule has 0 atom stereocenters. The van der Waals surface area contributed by atoms with Crippen LogP contribution in [-0.4, -0.2) is 29.6 Å². The van der Waals surface area contributed by atoms with Crippen molar-refractivity contribution < 1.29 is 18.7 Å². The molecule has 0 spiro atoms. The summed E-state index contributed by atoms with van der Waals surface area (Å²) in [4.78, 5) is 16.3. The van der Waals surface area contributed by atoms with E-state index in [4.69, 9.17) is 21.7 Å². The highest BCUT2D eigenvalue weighted by atomic mass is 32.1. The zero-order valence-electron chi connectivity index (χ0n) is 18.3. The predicted octanol–water partition coefficient (Wildman–Crippen LogP) is 5.41. The molecule has 1 aliphatic heterocycles. The molecule has 0 aliphatic carbocycles. The molecule has 0 saturated carbocycles. The first-order valence-electron chi connectivity index (χ1n) is 10.5. The number of halogens is 1. The highest BCUT2D eigenvalue weighted by molar-refractivity contribution is 7.80. The molecule has 1 aliphatic rings. The highest BCUT2D eigenvalue weighted by Crippen LogP contribution is 2.29. The van der Waals surface area contributed by atoms with E-state index in [0.29, 0.717) is 28.9 Å². The predicted molar refractivity (Wildman–Crippen MR) is 131 cm³/mol. The number of amides is 1. The molecule has 0 unspecified atom stereocenters. The topological polar surface area (TPSA) is 42.0 Å². The molecule has 0 radical (unpaired) electrons. The second-order valence-electron chi connectivity index (χ2n) is 7.43. The van der Waals surface area contributed by atoms with Gasteiger partial charge in [0.1, 0.15) is 29.6 Å². The van der Waals surface area contributed by atoms with E-state index in [2.05, 4.69) is 0 Å². The summed E-state index contributed by atoms with van der Waals surface area (Å²) < 4.78 is 24.5. The molecule has 0 aromatic heterocycles. The van der Waals surface area contributed by atoms with Crippen molar-refractivity contribution in [1.82, 2.24) is 4.90 Å². The van der Waals surface area contributed by atoms with E-state index < -0.39 is 0 Å². The molecule has 3 aromatic rings. The Labute approximate surface area is 197 Å². The van der Waals surface area contributed by atoms with Crippen LogP contribution in [-0.2, 0) is 11.4 Å². The van der Waals surface area contributed by atoms with Crippen LogP contribution in [0.15, 0.2) is 78.5 Å². The maximum Gasteiger partial charge on any atom is 0.281 e. The van der Waals surface area contributed by atoms with Gasteiger partial charge in [0, 0.05) is 7.05 Å². The summed E-state index contributed by atoms with van der Waals surface area (Å²) in [7, 11) is 1.77. The fourth-order valence-corrected chi connectivity index (χ4v) is 3.74. The van der Waals surface area contributed by atoms with Crippen molar-refractivity contribution in [3.8, 4) is 11.5 Å². The zero-order valence-corrected chi connectivity index (χ0v) is 19.1. The summed E-state index contributed by atoms with van der Waals surface area (Å²) in [5.41, 5.74) is 2.74. The third-order valence-corrected chi connectivity index (χ3v) is 5.60. The first-order valence-corrected chi connectivity index (χ1v) is 10.9. The summed E-state index contributed by atoms with van der Waals surface area (Å²) >= 11 is 5.52. The molecule has 168 valence electrons. The Kier molecular flexibility index (Phi) is 6.70. The van der Waals surface area contributed by atoms with Crippen LogP contribution in [0, 0.1) is 5.82 Å². The minimum Gasteiger partial charge on any atom is -0.494 e. The Morgan fingerprint density at radius 2 is 1.64 bits per heavy atom. The van der Waals surface area contributed by atoms with Gasteiger partial charge in [-0.3, -0.25) is 9.69 Å². The Bertz CT molecular complexity index is 1190. The molecule has 0 N–H and O–H groups in total. The smallest absolute Gasteiger partial charge is 0.281 e. The minimum absolute atomic E-state index is 0.196. The average Bonchev–Trinajstić information content (AvgIpc) is 3.02. The Balaban J connectivity index is 1.47. The van der Waals surface area contributed by atoms with Crippen molar-refractivity contribution >= 4 is 35.0 Å². The third-order valence-electron chi connectivity index (χ3n) is 5.15. The molecular formula is C26H23FN2O3S. The maximum absolute atomic E-state index is 13.3. The average molecular weight is 463 g/mol. The third kappa shape index (κ3) is 5.04. The Morgan fingerprint density at radius 1 is 0.970 bits per heavy atom. The molecule has 7 heteroatoms. The normalized spacial score (nSPS) is 14.8. The molecule has 4 rings (SSSR count). The van der Waals surface area contributed by atoms with Crippen LogP contribution in [0.3, 0.4) is 0 Å². The van der Waals surface area contributed by atoms with Gasteiger partial charge in [-0.2, -0.15) is 0 Å². The molecule has 0 bridgehead atoms. The molecule has 1 saturated heterocycles. The lowest BCUT2D eigenvalue weighted by Gasteiger charge is -2.16. The van der Waals surface area contributed by atoms with Gasteiger partial charge < -0.3 is 14.4 Å². The van der Waals surface area contributed by atoms with Crippen LogP contribution in [0.5, 0.6) is 11.5 Å². The number of nitrogens with zero attached hydrogens (tertiary/aromatic N) is 2. The van der Waals surface area contributed by atoms with Crippen LogP contribution >= 0.6 is 12.2 Å². The summed E-state index contributed by atoms with van der Waals surface area (Å²) in [5.74, 6) is 0.903. The van der Waals surface area contributed by atoms with Crippen molar-refractivity contribution in [3.63, 3.8) is 0 Å². The highest BCUT2D eigenvalue weighted by Gasteiger charge is 2.36. The number of carbonyl (C=O) groups is 1. The number of rotatable bonds is 7. The number of carbonyl (C=O) groups excluding carboxylic acids is 1. The van der Waals surface area contributed by atoms with Gasteiger partial charge >= 0.3 is 0 Å². The first kappa shape index (κ1) is 22.5. The summed E-state index contributed by atoms with van der Waals surface area (Å²) in [6.45, 7) is 2.76. The van der Waals surface area contributed by atoms with Crippen molar-refractivity contribution in [3.05, 3.63) is 95.4 Å². The van der Waals surface area contributed by atoms with Crippen LogP contribution in [0.2, 0.25) is 0 Å². The summed E-state index contributed by atoms with van der Waals surface area (Å²) in [6.07, 6.45) is 1.79. The van der Waals surface area contributed by atoms with Crippen molar-refractivity contribution in [2.45, 2.75) is 13.5 Å². The number of benzene rings is 3. The summed E-state index contributed by atoms with van der Waals surface area (Å²) in [5, 5.41) is 0.408. The van der Waals surface area contributed by atoms with Crippen LogP contribution in [0.4, 0.5) is 10.1 Å². The number of thiocarbonyl (C=S) groups is 1. The first-order chi connectivity index (χ1) is 16.0. The van der Waals surface area contributed by atoms with Gasteiger partial charge in [0.05, 0.1) is 12.3 Å². The van der Waals surface area contributed by atoms with Gasteiger partial charge in [0.25, 0.3) is 5.91 Å². The number of hydrogen-bond donors (Lipinski definition) is 0. The number of anilines is 1. The lowest BCUT2D eigenvalue weighted by atomic mass is 10.1. The van der Waals surface area contributed by atoms with Crippen molar-refractivity contribution in [2.75, 3.05) is 18.6 Å². The SMILES string of the molecule is CCOc1ccc(N2C(=O)/C(=C/c3ccc(OCc4cccc(F)c4)cc3)N(C)C2=S)cc1. The molecule has 1 fully saturated rings. The monoisotopic (exact) mass is 462 g/mol. The van der Waals surface area contributed by atoms with E-state index >= 15 is 0 Å². The van der Waals surface area contributed by atoms with E-state index in [-0.39, 0.29) is 18.3 Å². The van der Waals surface area contributed by atoms with Gasteiger partial charge in [-0.25, -0.2) is 4.39 Å². The van der Waals surface area contributed by atoms with E-state index in [1.807, 2.05) is 61.5 Å². The van der Waals surface area contributed by atoms with Gasteiger partial charge in [-0.15, -0.1) is 0 Å². The minimum atomic E-state index is -0.291. The second-order valence-corrected chi connectivity index (χ2v) is 7.79. The van der Waals surface area contributed by atoms with Gasteiger partial charge in [0.2, 0.25) is 0 Å².